The van der Waals surface area contributed by atoms with Gasteiger partial charge in [-0.05, 0) is 62.4 Å². The molecule has 0 N–H and O–H groups in total. The number of methoxy groups -OCH3 is 1. The Hall–Kier alpha value is -2.63. The predicted molar refractivity (Wildman–Crippen MR) is 131 cm³/mol. The quantitative estimate of drug-likeness (QED) is 0.175. The molecule has 1 saturated heterocycles. The van der Waals surface area contributed by atoms with Crippen LogP contribution in [0.3, 0.4) is 0 Å². The Kier molecular flexibility index (Phi) is 6.73. The lowest BCUT2D eigenvalue weighted by Crippen LogP contribution is -2.59. The largest absolute Gasteiger partial charge is 0.497 e. The van der Waals surface area contributed by atoms with Crippen LogP contribution in [0.5, 0.6) is 5.75 Å². The maximum absolute atomic E-state index is 13.2. The summed E-state index contributed by atoms with van der Waals surface area (Å²) in [5.41, 5.74) is 2.88. The van der Waals surface area contributed by atoms with Crippen LogP contribution in [-0.4, -0.2) is 23.6 Å². The first-order chi connectivity index (χ1) is 15.1. The van der Waals surface area contributed by atoms with E-state index in [1.54, 1.807) is 30.6 Å². The smallest absolute Gasteiger partial charge is 0.256 e. The van der Waals surface area contributed by atoms with Gasteiger partial charge < -0.3 is 4.74 Å². The van der Waals surface area contributed by atoms with Gasteiger partial charge in [0.05, 0.1) is 17.7 Å². The lowest BCUT2D eigenvalue weighted by atomic mass is 9.91. The molecule has 4 rings (SSSR count). The van der Waals surface area contributed by atoms with E-state index < -0.39 is 0 Å². The molecule has 0 spiro atoms. The zero-order valence-corrected chi connectivity index (χ0v) is 19.5. The number of hydrogen-bond donors (Lipinski definition) is 0. The summed E-state index contributed by atoms with van der Waals surface area (Å²) in [6, 6.07) is 28.5. The molecule has 1 unspecified atom stereocenters. The number of carbonyl (C=O) groups is 1. The third-order valence-corrected chi connectivity index (χ3v) is 7.81. The number of β-lactam (4-membered cyclic amide) rings is 1. The van der Waals surface area contributed by atoms with Crippen molar-refractivity contribution in [1.29, 1.82) is 0 Å². The van der Waals surface area contributed by atoms with Crippen molar-refractivity contribution in [1.82, 2.24) is 0 Å². The van der Waals surface area contributed by atoms with Crippen LogP contribution in [0.1, 0.15) is 13.8 Å². The van der Waals surface area contributed by atoms with Crippen LogP contribution in [-0.2, 0) is 4.79 Å². The van der Waals surface area contributed by atoms with Gasteiger partial charge in [0.2, 0.25) is 0 Å². The average Bonchev–Trinajstić information content (AvgIpc) is 2.78. The Morgan fingerprint density at radius 1 is 0.839 bits per heavy atom. The highest BCUT2D eigenvalue weighted by Crippen LogP contribution is 2.47. The monoisotopic (exact) mass is 447 g/mol. The average molecular weight is 448 g/mol. The Morgan fingerprint density at radius 3 is 1.81 bits per heavy atom. The van der Waals surface area contributed by atoms with Gasteiger partial charge in [0, 0.05) is 21.1 Å². The summed E-state index contributed by atoms with van der Waals surface area (Å²) < 4.78 is 5.40. The van der Waals surface area contributed by atoms with Gasteiger partial charge in [-0.2, -0.15) is 0 Å². The standard InChI is InChI=1S/C26H25NO2S2/c1-18(2)23-24(27(25(23)28)19-14-16-20(29-3)17-15-19)26(30-21-10-6-4-7-11-21)31-22-12-8-5-9-13-22/h4-17,24,26H,1-3H3. The van der Waals surface area contributed by atoms with Gasteiger partial charge >= 0.3 is 0 Å². The van der Waals surface area contributed by atoms with Gasteiger partial charge in [-0.3, -0.25) is 9.69 Å². The fourth-order valence-corrected chi connectivity index (χ4v) is 6.45. The van der Waals surface area contributed by atoms with E-state index in [2.05, 4.69) is 48.5 Å². The van der Waals surface area contributed by atoms with Gasteiger partial charge in [0.25, 0.3) is 5.91 Å². The highest BCUT2D eigenvalue weighted by molar-refractivity contribution is 8.17. The predicted octanol–water partition coefficient (Wildman–Crippen LogP) is 6.66. The number of benzene rings is 3. The maximum Gasteiger partial charge on any atom is 0.256 e. The number of hydrogen-bond acceptors (Lipinski definition) is 4. The number of allylic oxidation sites excluding steroid dienone is 1. The highest BCUT2D eigenvalue weighted by Gasteiger charge is 2.48. The summed E-state index contributed by atoms with van der Waals surface area (Å²) in [5, 5.41) is 0. The molecule has 1 fully saturated rings. The second-order valence-corrected chi connectivity index (χ2v) is 10.2. The molecule has 1 atom stereocenters. The highest BCUT2D eigenvalue weighted by atomic mass is 32.2. The number of ether oxygens (including phenoxy) is 1. The summed E-state index contributed by atoms with van der Waals surface area (Å²) in [7, 11) is 1.65. The lowest BCUT2D eigenvalue weighted by Gasteiger charge is -2.47. The van der Waals surface area contributed by atoms with Crippen LogP contribution in [0, 0.1) is 0 Å². The Balaban J connectivity index is 1.72. The molecule has 1 amide bonds. The second-order valence-electron chi connectivity index (χ2n) is 7.46. The number of amides is 1. The van der Waals surface area contributed by atoms with E-state index in [1.165, 1.54) is 9.79 Å². The molecule has 1 aliphatic heterocycles. The third-order valence-electron chi connectivity index (χ3n) is 5.16. The Labute approximate surface area is 192 Å². The minimum absolute atomic E-state index is 0.0266. The molecule has 1 heterocycles. The molecular formula is C26H25NO2S2. The molecule has 0 bridgehead atoms. The second kappa shape index (κ2) is 9.67. The third kappa shape index (κ3) is 4.68. The first-order valence-electron chi connectivity index (χ1n) is 10.2. The molecule has 0 saturated carbocycles. The molecule has 0 radical (unpaired) electrons. The van der Waals surface area contributed by atoms with Crippen LogP contribution < -0.4 is 9.64 Å². The number of carbonyl (C=O) groups excluding carboxylic acids is 1. The van der Waals surface area contributed by atoms with Crippen LogP contribution >= 0.6 is 23.5 Å². The molecule has 158 valence electrons. The van der Waals surface area contributed by atoms with Crippen LogP contribution in [0.4, 0.5) is 5.69 Å². The molecule has 3 aromatic rings. The van der Waals surface area contributed by atoms with Crippen LogP contribution in [0.2, 0.25) is 0 Å². The molecule has 5 heteroatoms. The van der Waals surface area contributed by atoms with Gasteiger partial charge in [-0.1, -0.05) is 42.0 Å². The zero-order valence-electron chi connectivity index (χ0n) is 17.8. The maximum atomic E-state index is 13.2. The summed E-state index contributed by atoms with van der Waals surface area (Å²) in [5.74, 6) is 0.868. The molecular weight excluding hydrogens is 422 g/mol. The first kappa shape index (κ1) is 21.6. The first-order valence-corrected chi connectivity index (χ1v) is 11.9. The Bertz CT molecular complexity index is 1020. The minimum atomic E-state index is -0.0266. The normalized spacial score (nSPS) is 15.7. The van der Waals surface area contributed by atoms with Gasteiger partial charge in [0.1, 0.15) is 5.75 Å². The van der Waals surface area contributed by atoms with Crippen molar-refractivity contribution in [2.75, 3.05) is 12.0 Å². The minimum Gasteiger partial charge on any atom is -0.497 e. The number of rotatable bonds is 7. The number of anilines is 1. The fourth-order valence-electron chi connectivity index (χ4n) is 3.65. The summed E-state index contributed by atoms with van der Waals surface area (Å²) >= 11 is 3.61. The van der Waals surface area contributed by atoms with E-state index in [1.807, 2.05) is 55.1 Å². The molecule has 3 nitrogen and oxygen atoms in total. The summed E-state index contributed by atoms with van der Waals surface area (Å²) in [6.07, 6.45) is 0. The summed E-state index contributed by atoms with van der Waals surface area (Å²) in [6.45, 7) is 4.06. The van der Waals surface area contributed by atoms with Crippen molar-refractivity contribution in [2.24, 2.45) is 0 Å². The van der Waals surface area contributed by atoms with Crippen molar-refractivity contribution in [3.63, 3.8) is 0 Å². The van der Waals surface area contributed by atoms with Crippen molar-refractivity contribution < 1.29 is 9.53 Å². The fraction of sp³-hybridized carbons (Fsp3) is 0.192. The molecule has 3 aromatic carbocycles. The van der Waals surface area contributed by atoms with Gasteiger partial charge in [-0.15, -0.1) is 23.5 Å². The molecule has 0 aromatic heterocycles. The van der Waals surface area contributed by atoms with E-state index in [9.17, 15) is 4.79 Å². The van der Waals surface area contributed by atoms with E-state index >= 15 is 0 Å². The van der Waals surface area contributed by atoms with Crippen molar-refractivity contribution in [3.8, 4) is 5.75 Å². The zero-order chi connectivity index (χ0) is 21.8. The van der Waals surface area contributed by atoms with E-state index in [0.717, 1.165) is 22.6 Å². The van der Waals surface area contributed by atoms with E-state index in [4.69, 9.17) is 4.74 Å². The van der Waals surface area contributed by atoms with Crippen molar-refractivity contribution in [2.45, 2.75) is 34.3 Å². The summed E-state index contributed by atoms with van der Waals surface area (Å²) in [4.78, 5) is 17.5. The number of nitrogens with zero attached hydrogens (tertiary/aromatic N) is 1. The topological polar surface area (TPSA) is 29.5 Å². The molecule has 0 aliphatic carbocycles. The Morgan fingerprint density at radius 2 is 1.35 bits per heavy atom. The number of thioether (sulfide) groups is 2. The lowest BCUT2D eigenvalue weighted by molar-refractivity contribution is -0.118. The molecule has 31 heavy (non-hydrogen) atoms. The van der Waals surface area contributed by atoms with E-state index in [-0.39, 0.29) is 16.5 Å². The molecule has 1 aliphatic rings. The van der Waals surface area contributed by atoms with E-state index in [0.29, 0.717) is 0 Å². The van der Waals surface area contributed by atoms with Crippen LogP contribution in [0.15, 0.2) is 106 Å². The van der Waals surface area contributed by atoms with Crippen molar-refractivity contribution in [3.05, 3.63) is 96.1 Å². The van der Waals surface area contributed by atoms with Gasteiger partial charge in [-0.25, -0.2) is 0 Å². The van der Waals surface area contributed by atoms with Gasteiger partial charge in [0.15, 0.2) is 0 Å². The van der Waals surface area contributed by atoms with Crippen LogP contribution in [0.25, 0.3) is 0 Å². The van der Waals surface area contributed by atoms with Crippen molar-refractivity contribution >= 4 is 35.1 Å². The SMILES string of the molecule is COc1ccc(N2C(=O)C(=C(C)C)C2C(Sc2ccccc2)Sc2ccccc2)cc1.